The summed E-state index contributed by atoms with van der Waals surface area (Å²) in [4.78, 5) is 27.7. The lowest BCUT2D eigenvalue weighted by Gasteiger charge is -2.44. The zero-order valence-electron chi connectivity index (χ0n) is 20.0. The number of rotatable bonds is 6. The van der Waals surface area contributed by atoms with E-state index in [-0.39, 0.29) is 11.7 Å². The van der Waals surface area contributed by atoms with Gasteiger partial charge in [0.15, 0.2) is 17.3 Å². The summed E-state index contributed by atoms with van der Waals surface area (Å²) in [5, 5.41) is 0. The Morgan fingerprint density at radius 1 is 1.12 bits per heavy atom. The zero-order chi connectivity index (χ0) is 23.6. The van der Waals surface area contributed by atoms with Crippen LogP contribution in [0.1, 0.15) is 59.7 Å². The number of hydrogen-bond acceptors (Lipinski definition) is 5. The minimum atomic E-state index is -0.496. The molecule has 0 atom stereocenters. The number of amides is 1. The lowest BCUT2D eigenvalue weighted by molar-refractivity contribution is -0.134. The Balaban J connectivity index is 1.35. The molecule has 1 saturated heterocycles. The molecule has 0 N–H and O–H groups in total. The second kappa shape index (κ2) is 9.46. The summed E-state index contributed by atoms with van der Waals surface area (Å²) in [7, 11) is 1.62. The molecule has 2 aromatic carbocycles. The maximum atomic E-state index is 12.9. The fourth-order valence-corrected chi connectivity index (χ4v) is 5.01. The van der Waals surface area contributed by atoms with Gasteiger partial charge < -0.3 is 19.1 Å². The summed E-state index contributed by atoms with van der Waals surface area (Å²) >= 11 is 0. The van der Waals surface area contributed by atoms with Crippen LogP contribution < -0.4 is 14.2 Å². The highest BCUT2D eigenvalue weighted by Gasteiger charge is 2.44. The highest BCUT2D eigenvalue weighted by molar-refractivity contribution is 6.01. The van der Waals surface area contributed by atoms with E-state index in [0.29, 0.717) is 69.0 Å². The molecule has 0 aromatic heterocycles. The van der Waals surface area contributed by atoms with Gasteiger partial charge in [-0.15, -0.1) is 0 Å². The number of methoxy groups -OCH3 is 1. The number of likely N-dealkylation sites (tertiary alicyclic amines) is 1. The van der Waals surface area contributed by atoms with E-state index in [1.54, 1.807) is 7.11 Å². The van der Waals surface area contributed by atoms with Crippen LogP contribution in [0.4, 0.5) is 0 Å². The number of Topliss-reactive ketones (excluding diaryl/α,β-unsaturated/α-hetero) is 1. The van der Waals surface area contributed by atoms with E-state index in [0.717, 1.165) is 22.3 Å². The number of fused-ring (bicyclic) bond motifs is 1. The number of hydrogen-bond donors (Lipinski definition) is 0. The van der Waals surface area contributed by atoms with Crippen LogP contribution in [0.25, 0.3) is 0 Å². The smallest absolute Gasteiger partial charge is 0.222 e. The Bertz CT molecular complexity index is 1050. The van der Waals surface area contributed by atoms with Crippen molar-refractivity contribution in [2.45, 2.75) is 58.5 Å². The van der Waals surface area contributed by atoms with Crippen molar-refractivity contribution in [3.8, 4) is 17.2 Å². The lowest BCUT2D eigenvalue weighted by atomic mass is 9.81. The molecule has 6 heteroatoms. The van der Waals surface area contributed by atoms with E-state index >= 15 is 0 Å². The predicted octanol–water partition coefficient (Wildman–Crippen LogP) is 4.67. The molecule has 2 heterocycles. The minimum Gasteiger partial charge on any atom is -0.493 e. The number of benzene rings is 2. The zero-order valence-corrected chi connectivity index (χ0v) is 20.0. The van der Waals surface area contributed by atoms with Gasteiger partial charge in [-0.05, 0) is 62.1 Å². The molecular formula is C27H33NO5. The first kappa shape index (κ1) is 23.1. The summed E-state index contributed by atoms with van der Waals surface area (Å²) in [6.45, 7) is 7.71. The number of piperidine rings is 1. The maximum Gasteiger partial charge on any atom is 0.222 e. The van der Waals surface area contributed by atoms with Crippen LogP contribution >= 0.6 is 0 Å². The van der Waals surface area contributed by atoms with Crippen molar-refractivity contribution < 1.29 is 23.8 Å². The standard InChI is InChI=1S/C27H33NO5/c1-5-32-22-8-6-20(16-23(22)31-4)7-9-25(30)28-12-10-27(11-13-28)17-21(29)26-19(3)14-18(2)15-24(26)33-27/h6,8,14-16H,5,7,9-13,17H2,1-4H3. The third-order valence-electron chi connectivity index (χ3n) is 6.71. The molecule has 0 bridgehead atoms. The van der Waals surface area contributed by atoms with E-state index in [1.807, 2.05) is 56.0 Å². The Labute approximate surface area is 195 Å². The van der Waals surface area contributed by atoms with Gasteiger partial charge in [0.1, 0.15) is 11.4 Å². The number of carbonyl (C=O) groups excluding carboxylic acids is 2. The van der Waals surface area contributed by atoms with Crippen molar-refractivity contribution in [1.29, 1.82) is 0 Å². The second-order valence-corrected chi connectivity index (χ2v) is 9.14. The van der Waals surface area contributed by atoms with Crippen LogP contribution in [0.3, 0.4) is 0 Å². The molecule has 176 valence electrons. The van der Waals surface area contributed by atoms with E-state index in [4.69, 9.17) is 14.2 Å². The summed E-state index contributed by atoms with van der Waals surface area (Å²) in [5.74, 6) is 2.38. The van der Waals surface area contributed by atoms with Crippen molar-refractivity contribution in [1.82, 2.24) is 4.90 Å². The maximum absolute atomic E-state index is 12.9. The largest absolute Gasteiger partial charge is 0.493 e. The average molecular weight is 452 g/mol. The lowest BCUT2D eigenvalue weighted by Crippen LogP contribution is -2.52. The molecule has 0 saturated carbocycles. The minimum absolute atomic E-state index is 0.131. The molecule has 4 rings (SSSR count). The van der Waals surface area contributed by atoms with Crippen molar-refractivity contribution in [3.63, 3.8) is 0 Å². The van der Waals surface area contributed by atoms with Gasteiger partial charge in [-0.1, -0.05) is 12.1 Å². The molecule has 0 radical (unpaired) electrons. The number of ether oxygens (including phenoxy) is 3. The molecule has 1 fully saturated rings. The first-order valence-electron chi connectivity index (χ1n) is 11.7. The second-order valence-electron chi connectivity index (χ2n) is 9.14. The highest BCUT2D eigenvalue weighted by Crippen LogP contribution is 2.41. The van der Waals surface area contributed by atoms with Crippen LogP contribution in [0.2, 0.25) is 0 Å². The van der Waals surface area contributed by atoms with Gasteiger partial charge in [0.05, 0.1) is 25.7 Å². The summed E-state index contributed by atoms with van der Waals surface area (Å²) in [5.41, 5.74) is 3.33. The van der Waals surface area contributed by atoms with Crippen molar-refractivity contribution in [2.24, 2.45) is 0 Å². The molecule has 0 unspecified atom stereocenters. The van der Waals surface area contributed by atoms with Gasteiger partial charge in [-0.25, -0.2) is 0 Å². The molecule has 1 amide bonds. The van der Waals surface area contributed by atoms with Crippen LogP contribution in [-0.4, -0.2) is 49.0 Å². The van der Waals surface area contributed by atoms with Crippen LogP contribution in [0, 0.1) is 13.8 Å². The number of ketones is 1. The Hall–Kier alpha value is -3.02. The SMILES string of the molecule is CCOc1ccc(CCC(=O)N2CCC3(CC2)CC(=O)c2c(C)cc(C)cc2O3)cc1OC. The summed E-state index contributed by atoms with van der Waals surface area (Å²) in [6.07, 6.45) is 2.81. The van der Waals surface area contributed by atoms with E-state index < -0.39 is 5.60 Å². The van der Waals surface area contributed by atoms with Crippen molar-refractivity contribution in [2.75, 3.05) is 26.8 Å². The molecule has 33 heavy (non-hydrogen) atoms. The van der Waals surface area contributed by atoms with Crippen molar-refractivity contribution in [3.05, 3.63) is 52.6 Å². The first-order chi connectivity index (χ1) is 15.8. The molecule has 2 aliphatic rings. The van der Waals surface area contributed by atoms with E-state index in [1.165, 1.54) is 0 Å². The number of carbonyl (C=O) groups is 2. The molecule has 1 spiro atoms. The molecule has 2 aliphatic heterocycles. The molecular weight excluding hydrogens is 418 g/mol. The normalized spacial score (nSPS) is 16.8. The van der Waals surface area contributed by atoms with E-state index in [2.05, 4.69) is 0 Å². The van der Waals surface area contributed by atoms with Crippen LogP contribution in [-0.2, 0) is 11.2 Å². The van der Waals surface area contributed by atoms with Gasteiger partial charge in [0, 0.05) is 32.4 Å². The Morgan fingerprint density at radius 3 is 2.58 bits per heavy atom. The van der Waals surface area contributed by atoms with E-state index in [9.17, 15) is 9.59 Å². The number of aryl methyl sites for hydroxylation is 3. The van der Waals surface area contributed by atoms with Gasteiger partial charge in [0.25, 0.3) is 0 Å². The summed E-state index contributed by atoms with van der Waals surface area (Å²) < 4.78 is 17.4. The predicted molar refractivity (Wildman–Crippen MR) is 127 cm³/mol. The van der Waals surface area contributed by atoms with Gasteiger partial charge in [-0.2, -0.15) is 0 Å². The number of nitrogens with zero attached hydrogens (tertiary/aromatic N) is 1. The van der Waals surface area contributed by atoms with Gasteiger partial charge >= 0.3 is 0 Å². The van der Waals surface area contributed by atoms with Crippen LogP contribution in [0.15, 0.2) is 30.3 Å². The molecule has 6 nitrogen and oxygen atoms in total. The van der Waals surface area contributed by atoms with Crippen molar-refractivity contribution >= 4 is 11.7 Å². The highest BCUT2D eigenvalue weighted by atomic mass is 16.5. The third kappa shape index (κ3) is 4.85. The third-order valence-corrected chi connectivity index (χ3v) is 6.71. The molecule has 0 aliphatic carbocycles. The quantitative estimate of drug-likeness (QED) is 0.639. The Morgan fingerprint density at radius 2 is 1.88 bits per heavy atom. The first-order valence-corrected chi connectivity index (χ1v) is 11.7. The summed E-state index contributed by atoms with van der Waals surface area (Å²) in [6, 6.07) is 9.80. The monoisotopic (exact) mass is 451 g/mol. The van der Waals surface area contributed by atoms with Crippen LogP contribution in [0.5, 0.6) is 17.2 Å². The topological polar surface area (TPSA) is 65.1 Å². The fourth-order valence-electron chi connectivity index (χ4n) is 5.01. The fraction of sp³-hybridized carbons (Fsp3) is 0.481. The van der Waals surface area contributed by atoms with Gasteiger partial charge in [0.2, 0.25) is 5.91 Å². The van der Waals surface area contributed by atoms with Gasteiger partial charge in [-0.3, -0.25) is 9.59 Å². The molecule has 2 aromatic rings. The average Bonchev–Trinajstić information content (AvgIpc) is 2.78. The Kier molecular flexibility index (Phi) is 6.63.